The second kappa shape index (κ2) is 5.42. The number of aryl methyl sites for hydroxylation is 2. The average molecular weight is 264 g/mol. The lowest BCUT2D eigenvalue weighted by Gasteiger charge is -2.32. The Morgan fingerprint density at radius 3 is 2.79 bits per heavy atom. The number of hydrogen-bond donors (Lipinski definition) is 1. The van der Waals surface area contributed by atoms with Gasteiger partial charge in [0.1, 0.15) is 12.6 Å². The molecular weight excluding hydrogens is 244 g/mol. The summed E-state index contributed by atoms with van der Waals surface area (Å²) in [5.41, 5.74) is 1.90. The third-order valence-electron chi connectivity index (χ3n) is 3.33. The molecule has 1 atom stereocenters. The standard InChI is InChI=1S/C13H20N4O2/c1-4-11-13(19)16(8-12(18)14-11)7-10-6-9(3)15-17(10)5-2/h6,11H,4-5,7-8H2,1-3H3,(H,14,18). The minimum Gasteiger partial charge on any atom is -0.343 e. The van der Waals surface area contributed by atoms with Gasteiger partial charge in [0.15, 0.2) is 0 Å². The Morgan fingerprint density at radius 1 is 1.42 bits per heavy atom. The number of carbonyl (C=O) groups excluding carboxylic acids is 2. The fraction of sp³-hybridized carbons (Fsp3) is 0.615. The molecule has 1 aliphatic rings. The molecule has 2 heterocycles. The molecule has 1 N–H and O–H groups in total. The van der Waals surface area contributed by atoms with Gasteiger partial charge in [-0.05, 0) is 26.3 Å². The van der Waals surface area contributed by atoms with Crippen molar-refractivity contribution >= 4 is 11.8 Å². The first kappa shape index (κ1) is 13.6. The van der Waals surface area contributed by atoms with Crippen LogP contribution >= 0.6 is 0 Å². The van der Waals surface area contributed by atoms with Crippen molar-refractivity contribution in [1.82, 2.24) is 20.0 Å². The average Bonchev–Trinajstić information content (AvgIpc) is 2.73. The van der Waals surface area contributed by atoms with E-state index in [1.54, 1.807) is 4.90 Å². The highest BCUT2D eigenvalue weighted by atomic mass is 16.2. The van der Waals surface area contributed by atoms with Gasteiger partial charge in [0.25, 0.3) is 0 Å². The number of hydrogen-bond acceptors (Lipinski definition) is 3. The van der Waals surface area contributed by atoms with Crippen molar-refractivity contribution in [3.05, 3.63) is 17.5 Å². The fourth-order valence-electron chi connectivity index (χ4n) is 2.38. The number of carbonyl (C=O) groups is 2. The van der Waals surface area contributed by atoms with Gasteiger partial charge in [0.2, 0.25) is 11.8 Å². The van der Waals surface area contributed by atoms with Gasteiger partial charge in [-0.1, -0.05) is 6.92 Å². The molecule has 1 aliphatic heterocycles. The largest absolute Gasteiger partial charge is 0.343 e. The van der Waals surface area contributed by atoms with E-state index in [1.165, 1.54) is 0 Å². The molecule has 104 valence electrons. The van der Waals surface area contributed by atoms with Crippen LogP contribution in [0.25, 0.3) is 0 Å². The molecule has 6 nitrogen and oxygen atoms in total. The summed E-state index contributed by atoms with van der Waals surface area (Å²) in [5.74, 6) is -0.102. The predicted octanol–water partition coefficient (Wildman–Crippen LogP) is 0.448. The van der Waals surface area contributed by atoms with Crippen molar-refractivity contribution in [1.29, 1.82) is 0 Å². The maximum atomic E-state index is 12.2. The smallest absolute Gasteiger partial charge is 0.245 e. The lowest BCUT2D eigenvalue weighted by atomic mass is 10.1. The Morgan fingerprint density at radius 2 is 2.16 bits per heavy atom. The quantitative estimate of drug-likeness (QED) is 0.858. The molecule has 0 radical (unpaired) electrons. The number of aromatic nitrogens is 2. The second-order valence-electron chi connectivity index (χ2n) is 4.82. The zero-order valence-electron chi connectivity index (χ0n) is 11.6. The van der Waals surface area contributed by atoms with E-state index in [2.05, 4.69) is 10.4 Å². The molecule has 2 amide bonds. The van der Waals surface area contributed by atoms with E-state index in [9.17, 15) is 9.59 Å². The Bertz CT molecular complexity index is 495. The summed E-state index contributed by atoms with van der Waals surface area (Å²) < 4.78 is 1.87. The number of nitrogens with one attached hydrogen (secondary N) is 1. The van der Waals surface area contributed by atoms with Crippen LogP contribution in [-0.2, 0) is 22.7 Å². The summed E-state index contributed by atoms with van der Waals surface area (Å²) in [6.45, 7) is 7.16. The third kappa shape index (κ3) is 2.77. The molecule has 0 spiro atoms. The zero-order chi connectivity index (χ0) is 14.0. The van der Waals surface area contributed by atoms with Crippen LogP contribution in [0, 0.1) is 6.92 Å². The molecule has 1 unspecified atom stereocenters. The topological polar surface area (TPSA) is 67.2 Å². The van der Waals surface area contributed by atoms with E-state index in [4.69, 9.17) is 0 Å². The lowest BCUT2D eigenvalue weighted by Crippen LogP contribution is -2.57. The van der Waals surface area contributed by atoms with Crippen molar-refractivity contribution in [2.24, 2.45) is 0 Å². The minimum absolute atomic E-state index is 0.0105. The van der Waals surface area contributed by atoms with Crippen LogP contribution in [0.4, 0.5) is 0 Å². The van der Waals surface area contributed by atoms with Gasteiger partial charge in [-0.15, -0.1) is 0 Å². The van der Waals surface area contributed by atoms with E-state index in [0.717, 1.165) is 17.9 Å². The van der Waals surface area contributed by atoms with Crippen LogP contribution in [-0.4, -0.2) is 39.1 Å². The summed E-state index contributed by atoms with van der Waals surface area (Å²) in [6, 6.07) is 1.57. The van der Waals surface area contributed by atoms with Gasteiger partial charge in [0.05, 0.1) is 17.9 Å². The highest BCUT2D eigenvalue weighted by molar-refractivity contribution is 5.94. The summed E-state index contributed by atoms with van der Waals surface area (Å²) in [7, 11) is 0. The van der Waals surface area contributed by atoms with Crippen LogP contribution in [0.2, 0.25) is 0 Å². The van der Waals surface area contributed by atoms with Crippen molar-refractivity contribution in [2.75, 3.05) is 6.54 Å². The first-order valence-corrected chi connectivity index (χ1v) is 6.66. The Balaban J connectivity index is 2.16. The van der Waals surface area contributed by atoms with Crippen LogP contribution < -0.4 is 5.32 Å². The molecule has 0 saturated carbocycles. The number of rotatable bonds is 4. The van der Waals surface area contributed by atoms with E-state index in [0.29, 0.717) is 13.0 Å². The van der Waals surface area contributed by atoms with Gasteiger partial charge in [-0.25, -0.2) is 0 Å². The van der Waals surface area contributed by atoms with Crippen molar-refractivity contribution in [3.8, 4) is 0 Å². The number of amides is 2. The molecule has 19 heavy (non-hydrogen) atoms. The molecule has 0 bridgehead atoms. The Labute approximate surface area is 112 Å². The molecule has 1 aromatic heterocycles. The van der Waals surface area contributed by atoms with Gasteiger partial charge in [0, 0.05) is 6.54 Å². The van der Waals surface area contributed by atoms with Crippen LogP contribution in [0.1, 0.15) is 31.7 Å². The molecule has 0 aliphatic carbocycles. The van der Waals surface area contributed by atoms with E-state index in [1.807, 2.05) is 31.5 Å². The lowest BCUT2D eigenvalue weighted by molar-refractivity contribution is -0.145. The summed E-state index contributed by atoms with van der Waals surface area (Å²) in [5, 5.41) is 7.07. The van der Waals surface area contributed by atoms with E-state index < -0.39 is 0 Å². The summed E-state index contributed by atoms with van der Waals surface area (Å²) in [6.07, 6.45) is 0.618. The fourth-order valence-corrected chi connectivity index (χ4v) is 2.38. The summed E-state index contributed by atoms with van der Waals surface area (Å²) in [4.78, 5) is 25.4. The van der Waals surface area contributed by atoms with Crippen LogP contribution in [0.5, 0.6) is 0 Å². The first-order valence-electron chi connectivity index (χ1n) is 6.66. The Hall–Kier alpha value is -1.85. The number of piperazine rings is 1. The minimum atomic E-state index is -0.389. The zero-order valence-corrected chi connectivity index (χ0v) is 11.6. The normalized spacial score (nSPS) is 19.7. The molecule has 0 aromatic carbocycles. The number of nitrogens with zero attached hydrogens (tertiary/aromatic N) is 3. The molecule has 1 fully saturated rings. The maximum Gasteiger partial charge on any atom is 0.245 e. The van der Waals surface area contributed by atoms with Gasteiger partial charge in [-0.2, -0.15) is 5.10 Å². The van der Waals surface area contributed by atoms with Crippen LogP contribution in [0.3, 0.4) is 0 Å². The van der Waals surface area contributed by atoms with Crippen molar-refractivity contribution < 1.29 is 9.59 Å². The second-order valence-corrected chi connectivity index (χ2v) is 4.82. The third-order valence-corrected chi connectivity index (χ3v) is 3.33. The summed E-state index contributed by atoms with van der Waals surface area (Å²) >= 11 is 0. The van der Waals surface area contributed by atoms with Crippen LogP contribution in [0.15, 0.2) is 6.07 Å². The predicted molar refractivity (Wildman–Crippen MR) is 70.3 cm³/mol. The van der Waals surface area contributed by atoms with Gasteiger partial charge < -0.3 is 10.2 Å². The SMILES string of the molecule is CCC1NC(=O)CN(Cc2cc(C)nn2CC)C1=O. The molecular formula is C13H20N4O2. The molecule has 6 heteroatoms. The Kier molecular flexibility index (Phi) is 3.87. The van der Waals surface area contributed by atoms with Gasteiger partial charge in [-0.3, -0.25) is 14.3 Å². The highest BCUT2D eigenvalue weighted by Crippen LogP contribution is 2.12. The molecule has 1 aromatic rings. The van der Waals surface area contributed by atoms with E-state index >= 15 is 0 Å². The van der Waals surface area contributed by atoms with Crippen molar-refractivity contribution in [2.45, 2.75) is 46.3 Å². The van der Waals surface area contributed by atoms with Gasteiger partial charge >= 0.3 is 0 Å². The highest BCUT2D eigenvalue weighted by Gasteiger charge is 2.31. The monoisotopic (exact) mass is 264 g/mol. The molecule has 2 rings (SSSR count). The van der Waals surface area contributed by atoms with E-state index in [-0.39, 0.29) is 24.4 Å². The maximum absolute atomic E-state index is 12.2. The first-order chi connectivity index (χ1) is 9.05. The molecule has 1 saturated heterocycles. The van der Waals surface area contributed by atoms with Crippen molar-refractivity contribution in [3.63, 3.8) is 0 Å².